The molecule has 0 spiro atoms. The van der Waals surface area contributed by atoms with Crippen LogP contribution in [0.3, 0.4) is 0 Å². The third-order valence-corrected chi connectivity index (χ3v) is 4.65. The molecular formula is C18H15N3O5S. The normalized spacial score (nSPS) is 10.3. The van der Waals surface area contributed by atoms with Gasteiger partial charge in [-0.1, -0.05) is 11.3 Å². The number of pyridine rings is 1. The molecule has 1 amide bonds. The van der Waals surface area contributed by atoms with Crippen molar-refractivity contribution in [3.63, 3.8) is 0 Å². The number of carbonyl (C=O) groups excluding carboxylic acids is 1. The molecule has 3 aromatic rings. The number of thiazole rings is 1. The van der Waals surface area contributed by atoms with Crippen LogP contribution < -0.4 is 14.8 Å². The Balaban J connectivity index is 1.92. The summed E-state index contributed by atoms with van der Waals surface area (Å²) in [5.41, 5.74) is 0.785. The summed E-state index contributed by atoms with van der Waals surface area (Å²) in [4.78, 5) is 32.1. The number of rotatable bonds is 6. The van der Waals surface area contributed by atoms with Crippen LogP contribution in [0, 0.1) is 0 Å². The maximum Gasteiger partial charge on any atom is 0.357 e. The van der Waals surface area contributed by atoms with E-state index in [9.17, 15) is 14.7 Å². The number of nitrogens with zero attached hydrogens (tertiary/aromatic N) is 2. The first kappa shape index (κ1) is 18.3. The van der Waals surface area contributed by atoms with Gasteiger partial charge in [-0.25, -0.2) is 9.78 Å². The predicted octanol–water partition coefficient (Wildman–Crippen LogP) is 3.17. The molecule has 0 saturated heterocycles. The highest BCUT2D eigenvalue weighted by molar-refractivity contribution is 7.19. The minimum absolute atomic E-state index is 0.147. The lowest BCUT2D eigenvalue weighted by Gasteiger charge is -2.09. The second-order valence-corrected chi connectivity index (χ2v) is 6.26. The minimum atomic E-state index is -1.23. The zero-order chi connectivity index (χ0) is 19.4. The number of nitrogens with one attached hydrogen (secondary N) is 1. The van der Waals surface area contributed by atoms with E-state index in [0.717, 1.165) is 11.3 Å². The monoisotopic (exact) mass is 385 g/mol. The van der Waals surface area contributed by atoms with Gasteiger partial charge < -0.3 is 19.9 Å². The fraction of sp³-hybridized carbons (Fsp3) is 0.111. The molecule has 2 N–H and O–H groups in total. The molecule has 0 aliphatic rings. The maximum absolute atomic E-state index is 12.6. The van der Waals surface area contributed by atoms with Crippen molar-refractivity contribution in [3.8, 4) is 22.1 Å². The lowest BCUT2D eigenvalue weighted by molar-refractivity contribution is 0.0692. The van der Waals surface area contributed by atoms with Crippen molar-refractivity contribution >= 4 is 28.2 Å². The Bertz CT molecular complexity index is 988. The number of hydrogen-bond donors (Lipinski definition) is 2. The van der Waals surface area contributed by atoms with Crippen molar-refractivity contribution < 1.29 is 24.2 Å². The number of carbonyl (C=O) groups is 2. The first-order valence-corrected chi connectivity index (χ1v) is 8.53. The van der Waals surface area contributed by atoms with Gasteiger partial charge in [0.15, 0.2) is 17.2 Å². The standard InChI is InChI=1S/C18H15N3O5S/c1-25-12-4-3-11(9-13(12)26-2)15(22)21-17-14(18(23)24)20-16(27-17)10-5-7-19-8-6-10/h3-9H,1-2H3,(H,21,22)(H,23,24). The van der Waals surface area contributed by atoms with Crippen LogP contribution in [0.5, 0.6) is 11.5 Å². The fourth-order valence-corrected chi connectivity index (χ4v) is 3.28. The molecule has 0 radical (unpaired) electrons. The summed E-state index contributed by atoms with van der Waals surface area (Å²) in [7, 11) is 2.96. The minimum Gasteiger partial charge on any atom is -0.493 e. The zero-order valence-corrected chi connectivity index (χ0v) is 15.2. The predicted molar refractivity (Wildman–Crippen MR) is 99.8 cm³/mol. The molecule has 0 saturated carbocycles. The van der Waals surface area contributed by atoms with Crippen molar-refractivity contribution in [3.05, 3.63) is 54.0 Å². The third-order valence-electron chi connectivity index (χ3n) is 3.63. The Morgan fingerprint density at radius 1 is 1.07 bits per heavy atom. The average Bonchev–Trinajstić information content (AvgIpc) is 3.12. The zero-order valence-electron chi connectivity index (χ0n) is 14.4. The first-order chi connectivity index (χ1) is 13.0. The number of aromatic nitrogens is 2. The molecule has 0 bridgehead atoms. The third kappa shape index (κ3) is 3.87. The van der Waals surface area contributed by atoms with Gasteiger partial charge >= 0.3 is 5.97 Å². The Labute approximate surface area is 158 Å². The van der Waals surface area contributed by atoms with Crippen LogP contribution in [0.2, 0.25) is 0 Å². The molecule has 1 aromatic carbocycles. The highest BCUT2D eigenvalue weighted by atomic mass is 32.1. The summed E-state index contributed by atoms with van der Waals surface area (Å²) in [6.45, 7) is 0. The molecule has 0 fully saturated rings. The number of ether oxygens (including phenoxy) is 2. The Morgan fingerprint density at radius 2 is 1.78 bits per heavy atom. The largest absolute Gasteiger partial charge is 0.493 e. The number of benzene rings is 1. The van der Waals surface area contributed by atoms with Crippen LogP contribution >= 0.6 is 11.3 Å². The lowest BCUT2D eigenvalue weighted by atomic mass is 10.2. The number of hydrogen-bond acceptors (Lipinski definition) is 7. The molecule has 2 heterocycles. The molecule has 0 aliphatic carbocycles. The molecule has 3 rings (SSSR count). The van der Waals surface area contributed by atoms with Crippen LogP contribution in [0.15, 0.2) is 42.7 Å². The van der Waals surface area contributed by atoms with Crippen molar-refractivity contribution in [1.82, 2.24) is 9.97 Å². The van der Waals surface area contributed by atoms with Crippen molar-refractivity contribution in [1.29, 1.82) is 0 Å². The van der Waals surface area contributed by atoms with Gasteiger partial charge in [-0.15, -0.1) is 0 Å². The number of carboxylic acids is 1. The van der Waals surface area contributed by atoms with Crippen molar-refractivity contribution in [2.24, 2.45) is 0 Å². The highest BCUT2D eigenvalue weighted by Gasteiger charge is 2.21. The van der Waals surface area contributed by atoms with Crippen molar-refractivity contribution in [2.75, 3.05) is 19.5 Å². The highest BCUT2D eigenvalue weighted by Crippen LogP contribution is 2.33. The quantitative estimate of drug-likeness (QED) is 0.670. The summed E-state index contributed by atoms with van der Waals surface area (Å²) >= 11 is 1.07. The molecule has 9 heteroatoms. The Hall–Kier alpha value is -3.46. The first-order valence-electron chi connectivity index (χ1n) is 7.71. The molecule has 8 nitrogen and oxygen atoms in total. The van der Waals surface area contributed by atoms with Gasteiger partial charge in [0, 0.05) is 23.5 Å². The lowest BCUT2D eigenvalue weighted by Crippen LogP contribution is -2.13. The van der Waals surface area contributed by atoms with E-state index in [1.807, 2.05) is 0 Å². The number of carboxylic acid groups (broad SMARTS) is 1. The Kier molecular flexibility index (Phi) is 5.32. The van der Waals surface area contributed by atoms with Crippen LogP contribution in [0.4, 0.5) is 5.00 Å². The number of amides is 1. The van der Waals surface area contributed by atoms with Crippen LogP contribution in [0.25, 0.3) is 10.6 Å². The summed E-state index contributed by atoms with van der Waals surface area (Å²) in [6, 6.07) is 8.09. The number of methoxy groups -OCH3 is 2. The van der Waals surface area contributed by atoms with Gasteiger partial charge in [-0.05, 0) is 30.3 Å². The van der Waals surface area contributed by atoms with E-state index in [4.69, 9.17) is 9.47 Å². The van der Waals surface area contributed by atoms with E-state index >= 15 is 0 Å². The molecule has 0 atom stereocenters. The van der Waals surface area contributed by atoms with Gasteiger partial charge in [-0.2, -0.15) is 0 Å². The molecule has 0 aliphatic heterocycles. The van der Waals surface area contributed by atoms with Crippen LogP contribution in [0.1, 0.15) is 20.8 Å². The Morgan fingerprint density at radius 3 is 2.41 bits per heavy atom. The topological polar surface area (TPSA) is 111 Å². The van der Waals surface area contributed by atoms with Gasteiger partial charge in [0.2, 0.25) is 0 Å². The smallest absolute Gasteiger partial charge is 0.357 e. The van der Waals surface area contributed by atoms with E-state index in [1.54, 1.807) is 36.7 Å². The van der Waals surface area contributed by atoms with E-state index in [0.29, 0.717) is 27.6 Å². The average molecular weight is 385 g/mol. The van der Waals surface area contributed by atoms with E-state index in [-0.39, 0.29) is 10.7 Å². The summed E-state index contributed by atoms with van der Waals surface area (Å²) in [5, 5.41) is 12.6. The van der Waals surface area contributed by atoms with Crippen molar-refractivity contribution in [2.45, 2.75) is 0 Å². The molecular weight excluding hydrogens is 370 g/mol. The SMILES string of the molecule is COc1ccc(C(=O)Nc2sc(-c3ccncc3)nc2C(=O)O)cc1OC. The second-order valence-electron chi connectivity index (χ2n) is 5.26. The molecule has 2 aromatic heterocycles. The van der Waals surface area contributed by atoms with Gasteiger partial charge in [0.25, 0.3) is 5.91 Å². The van der Waals surface area contributed by atoms with Crippen LogP contribution in [-0.4, -0.2) is 41.2 Å². The molecule has 27 heavy (non-hydrogen) atoms. The van der Waals surface area contributed by atoms with Gasteiger partial charge in [0.05, 0.1) is 14.2 Å². The van der Waals surface area contributed by atoms with Gasteiger partial charge in [0.1, 0.15) is 10.0 Å². The number of aromatic carboxylic acids is 1. The second kappa shape index (κ2) is 7.83. The maximum atomic E-state index is 12.6. The number of anilines is 1. The summed E-state index contributed by atoms with van der Waals surface area (Å²) < 4.78 is 10.3. The fourth-order valence-electron chi connectivity index (χ4n) is 2.32. The van der Waals surface area contributed by atoms with E-state index in [1.165, 1.54) is 20.3 Å². The van der Waals surface area contributed by atoms with Gasteiger partial charge in [-0.3, -0.25) is 9.78 Å². The van der Waals surface area contributed by atoms with E-state index < -0.39 is 11.9 Å². The van der Waals surface area contributed by atoms with E-state index in [2.05, 4.69) is 15.3 Å². The molecule has 138 valence electrons. The summed E-state index contributed by atoms with van der Waals surface area (Å²) in [6.07, 6.45) is 3.16. The summed E-state index contributed by atoms with van der Waals surface area (Å²) in [5.74, 6) is -0.832. The molecule has 0 unspecified atom stereocenters. The van der Waals surface area contributed by atoms with Crippen LogP contribution in [-0.2, 0) is 0 Å².